The fourth-order valence-corrected chi connectivity index (χ4v) is 2.47. The fourth-order valence-electron chi connectivity index (χ4n) is 2.47. The van der Waals surface area contributed by atoms with E-state index in [9.17, 15) is 9.90 Å². The molecule has 0 saturated heterocycles. The van der Waals surface area contributed by atoms with Gasteiger partial charge in [-0.15, -0.1) is 0 Å². The Kier molecular flexibility index (Phi) is 1.49. The van der Waals surface area contributed by atoms with Crippen molar-refractivity contribution in [1.82, 2.24) is 4.57 Å². The molecule has 2 heterocycles. The first-order valence-electron chi connectivity index (χ1n) is 5.04. The first kappa shape index (κ1) is 8.53. The summed E-state index contributed by atoms with van der Waals surface area (Å²) < 4.78 is 1.77. The zero-order valence-electron chi connectivity index (χ0n) is 8.40. The molecule has 0 unspecified atom stereocenters. The molecule has 0 fully saturated rings. The maximum atomic E-state index is 11.7. The van der Waals surface area contributed by atoms with E-state index >= 15 is 0 Å². The van der Waals surface area contributed by atoms with Crippen molar-refractivity contribution in [3.05, 3.63) is 40.2 Å². The van der Waals surface area contributed by atoms with Crippen LogP contribution in [0.4, 0.5) is 0 Å². The van der Waals surface area contributed by atoms with Crippen molar-refractivity contribution < 1.29 is 5.11 Å². The summed E-state index contributed by atoms with van der Waals surface area (Å²) in [5.74, 6) is 0.0854. The molecular weight excluding hydrogens is 190 g/mol. The zero-order valence-corrected chi connectivity index (χ0v) is 8.40. The highest BCUT2D eigenvalue weighted by molar-refractivity contribution is 5.88. The minimum atomic E-state index is -0.113. The molecule has 3 heteroatoms. The second kappa shape index (κ2) is 2.63. The van der Waals surface area contributed by atoms with E-state index in [0.717, 1.165) is 22.9 Å². The van der Waals surface area contributed by atoms with Crippen molar-refractivity contribution in [2.24, 2.45) is 0 Å². The summed E-state index contributed by atoms with van der Waals surface area (Å²) in [4.78, 5) is 11.7. The Morgan fingerprint density at radius 3 is 3.07 bits per heavy atom. The number of nitrogens with zero attached hydrogens (tertiary/aromatic N) is 1. The average Bonchev–Trinajstić information content (AvgIpc) is 2.51. The summed E-state index contributed by atoms with van der Waals surface area (Å²) in [7, 11) is 0. The molecule has 1 aromatic heterocycles. The monoisotopic (exact) mass is 201 g/mol. The van der Waals surface area contributed by atoms with Crippen LogP contribution in [0.15, 0.2) is 29.1 Å². The number of para-hydroxylation sites is 1. The minimum absolute atomic E-state index is 0.0854. The van der Waals surface area contributed by atoms with E-state index in [4.69, 9.17) is 0 Å². The molecule has 2 aromatic rings. The van der Waals surface area contributed by atoms with Crippen molar-refractivity contribution in [2.75, 3.05) is 0 Å². The molecule has 15 heavy (non-hydrogen) atoms. The van der Waals surface area contributed by atoms with E-state index in [0.29, 0.717) is 0 Å². The molecule has 0 bridgehead atoms. The van der Waals surface area contributed by atoms with E-state index in [-0.39, 0.29) is 17.4 Å². The third kappa shape index (κ3) is 0.975. The second-order valence-corrected chi connectivity index (χ2v) is 4.10. The van der Waals surface area contributed by atoms with Gasteiger partial charge in [0.05, 0.1) is 5.52 Å². The minimum Gasteiger partial charge on any atom is -0.507 e. The molecule has 1 aliphatic heterocycles. The lowest BCUT2D eigenvalue weighted by atomic mass is 10.1. The molecule has 76 valence electrons. The van der Waals surface area contributed by atoms with Gasteiger partial charge in [0.2, 0.25) is 0 Å². The zero-order chi connectivity index (χ0) is 10.6. The Hall–Kier alpha value is -1.77. The maximum Gasteiger partial charge on any atom is 0.255 e. The SMILES string of the molecule is C[C@@H]1Cc2cccc3c(O)cc(=O)n1c23. The Morgan fingerprint density at radius 1 is 1.47 bits per heavy atom. The predicted octanol–water partition coefficient (Wildman–Crippen LogP) is 1.82. The van der Waals surface area contributed by atoms with Gasteiger partial charge in [-0.3, -0.25) is 4.79 Å². The summed E-state index contributed by atoms with van der Waals surface area (Å²) in [6, 6.07) is 7.28. The number of pyridine rings is 1. The molecule has 1 N–H and O–H groups in total. The third-order valence-corrected chi connectivity index (χ3v) is 3.09. The van der Waals surface area contributed by atoms with E-state index in [2.05, 4.69) is 0 Å². The molecule has 0 aliphatic carbocycles. The average molecular weight is 201 g/mol. The fraction of sp³-hybridized carbons (Fsp3) is 0.250. The molecule has 3 rings (SSSR count). The standard InChI is InChI=1S/C12H11NO2/c1-7-5-8-3-2-4-9-10(14)6-11(15)13(7)12(8)9/h2-4,6-7,14H,5H2,1H3/t7-/m1/s1. The summed E-state index contributed by atoms with van der Waals surface area (Å²) in [6.07, 6.45) is 0.871. The Bertz CT molecular complexity index is 613. The predicted molar refractivity (Wildman–Crippen MR) is 58.3 cm³/mol. The van der Waals surface area contributed by atoms with Crippen LogP contribution >= 0.6 is 0 Å². The van der Waals surface area contributed by atoms with Gasteiger partial charge in [0.15, 0.2) is 0 Å². The van der Waals surface area contributed by atoms with Crippen LogP contribution < -0.4 is 5.56 Å². The van der Waals surface area contributed by atoms with Crippen LogP contribution in [0.5, 0.6) is 5.75 Å². The highest BCUT2D eigenvalue weighted by atomic mass is 16.3. The molecular formula is C12H11NO2. The number of benzene rings is 1. The van der Waals surface area contributed by atoms with Gasteiger partial charge in [-0.2, -0.15) is 0 Å². The Labute approximate surface area is 86.6 Å². The van der Waals surface area contributed by atoms with E-state index in [1.54, 1.807) is 4.57 Å². The molecule has 0 radical (unpaired) electrons. The van der Waals surface area contributed by atoms with Crippen molar-refractivity contribution >= 4 is 10.9 Å². The largest absolute Gasteiger partial charge is 0.507 e. The molecule has 0 saturated carbocycles. The van der Waals surface area contributed by atoms with Crippen LogP contribution in [0.3, 0.4) is 0 Å². The highest BCUT2D eigenvalue weighted by Gasteiger charge is 2.22. The lowest BCUT2D eigenvalue weighted by Gasteiger charge is -2.08. The number of rotatable bonds is 0. The van der Waals surface area contributed by atoms with Gasteiger partial charge in [-0.1, -0.05) is 12.1 Å². The van der Waals surface area contributed by atoms with Crippen LogP contribution in [-0.2, 0) is 6.42 Å². The lowest BCUT2D eigenvalue weighted by molar-refractivity contribution is 0.477. The number of hydrogen-bond donors (Lipinski definition) is 1. The summed E-state index contributed by atoms with van der Waals surface area (Å²) >= 11 is 0. The van der Waals surface area contributed by atoms with Gasteiger partial charge in [0.1, 0.15) is 5.75 Å². The van der Waals surface area contributed by atoms with E-state index < -0.39 is 0 Å². The van der Waals surface area contributed by atoms with Gasteiger partial charge < -0.3 is 9.67 Å². The normalized spacial score (nSPS) is 18.6. The third-order valence-electron chi connectivity index (χ3n) is 3.09. The molecule has 1 atom stereocenters. The molecule has 1 aliphatic rings. The molecule has 0 amide bonds. The van der Waals surface area contributed by atoms with Crippen molar-refractivity contribution in [3.8, 4) is 5.75 Å². The molecule has 3 nitrogen and oxygen atoms in total. The summed E-state index contributed by atoms with van der Waals surface area (Å²) in [5, 5.41) is 10.5. The van der Waals surface area contributed by atoms with E-state index in [1.807, 2.05) is 25.1 Å². The lowest BCUT2D eigenvalue weighted by Crippen LogP contribution is -2.19. The smallest absolute Gasteiger partial charge is 0.255 e. The van der Waals surface area contributed by atoms with Crippen LogP contribution in [0.2, 0.25) is 0 Å². The van der Waals surface area contributed by atoms with Gasteiger partial charge in [0.25, 0.3) is 5.56 Å². The number of hydrogen-bond acceptors (Lipinski definition) is 2. The summed E-state index contributed by atoms with van der Waals surface area (Å²) in [5.41, 5.74) is 1.93. The van der Waals surface area contributed by atoms with Gasteiger partial charge in [-0.05, 0) is 25.0 Å². The van der Waals surface area contributed by atoms with Gasteiger partial charge in [0, 0.05) is 17.5 Å². The maximum absolute atomic E-state index is 11.7. The second-order valence-electron chi connectivity index (χ2n) is 4.10. The topological polar surface area (TPSA) is 42.2 Å². The van der Waals surface area contributed by atoms with Gasteiger partial charge >= 0.3 is 0 Å². The van der Waals surface area contributed by atoms with Crippen LogP contribution in [0.1, 0.15) is 18.5 Å². The number of aromatic nitrogens is 1. The quantitative estimate of drug-likeness (QED) is 0.706. The highest BCUT2D eigenvalue weighted by Crippen LogP contribution is 2.33. The molecule has 0 spiro atoms. The van der Waals surface area contributed by atoms with Gasteiger partial charge in [-0.25, -0.2) is 0 Å². The number of aromatic hydroxyl groups is 1. The summed E-state index contributed by atoms with van der Waals surface area (Å²) in [6.45, 7) is 2.03. The first-order chi connectivity index (χ1) is 7.18. The Balaban J connectivity index is 2.61. The molecule has 1 aromatic carbocycles. The van der Waals surface area contributed by atoms with Crippen LogP contribution in [0.25, 0.3) is 10.9 Å². The van der Waals surface area contributed by atoms with E-state index in [1.165, 1.54) is 6.07 Å². The van der Waals surface area contributed by atoms with Crippen LogP contribution in [0, 0.1) is 0 Å². The van der Waals surface area contributed by atoms with Crippen molar-refractivity contribution in [2.45, 2.75) is 19.4 Å². The van der Waals surface area contributed by atoms with Crippen LogP contribution in [-0.4, -0.2) is 9.67 Å². The first-order valence-corrected chi connectivity index (χ1v) is 5.04. The van der Waals surface area contributed by atoms with Crippen molar-refractivity contribution in [1.29, 1.82) is 0 Å². The Morgan fingerprint density at radius 2 is 2.27 bits per heavy atom. The van der Waals surface area contributed by atoms with Crippen molar-refractivity contribution in [3.63, 3.8) is 0 Å².